The fraction of sp³-hybridized carbons (Fsp3) is 0.368. The molecule has 1 aromatic carbocycles. The third-order valence-corrected chi connectivity index (χ3v) is 5.69. The molecule has 2 heterocycles. The number of sulfonamides is 1. The number of hydrogen-bond acceptors (Lipinski definition) is 5. The first kappa shape index (κ1) is 19.3. The number of carbonyl (C=O) groups excluding carboxylic acids is 1. The van der Waals surface area contributed by atoms with Crippen LogP contribution in [-0.4, -0.2) is 32.4 Å². The van der Waals surface area contributed by atoms with Crippen molar-refractivity contribution in [2.75, 3.05) is 23.3 Å². The molecule has 1 amide bonds. The highest BCUT2D eigenvalue weighted by Crippen LogP contribution is 2.24. The second kappa shape index (κ2) is 8.06. The molecule has 144 valence electrons. The number of aryl methyl sites for hydroxylation is 1. The molecular weight excluding hydrogens is 364 g/mol. The summed E-state index contributed by atoms with van der Waals surface area (Å²) < 4.78 is 23.7. The van der Waals surface area contributed by atoms with Crippen molar-refractivity contribution in [2.45, 2.75) is 37.5 Å². The van der Waals surface area contributed by atoms with Crippen molar-refractivity contribution in [3.63, 3.8) is 0 Å². The molecule has 0 bridgehead atoms. The van der Waals surface area contributed by atoms with E-state index in [4.69, 9.17) is 5.14 Å². The standard InChI is InChI=1S/C19H24N4O3S/c1-2-14-8-9-15(13-17(14)27(20,25)26)22-19(24)16-7-6-10-21-18(16)23-11-4-3-5-12-23/h6-10,13H,2-5,11-12H2,1H3,(H,22,24)(H2,20,25,26). The van der Waals surface area contributed by atoms with E-state index in [9.17, 15) is 13.2 Å². The molecule has 0 atom stereocenters. The van der Waals surface area contributed by atoms with Gasteiger partial charge in [0.15, 0.2) is 0 Å². The van der Waals surface area contributed by atoms with Gasteiger partial charge in [-0.05, 0) is 55.5 Å². The minimum atomic E-state index is -3.87. The SMILES string of the molecule is CCc1ccc(NC(=O)c2cccnc2N2CCCCC2)cc1S(N)(=O)=O. The first-order valence-electron chi connectivity index (χ1n) is 9.07. The molecule has 7 nitrogen and oxygen atoms in total. The second-order valence-corrected chi connectivity index (χ2v) is 8.13. The molecule has 1 fully saturated rings. The Balaban J connectivity index is 1.88. The van der Waals surface area contributed by atoms with Crippen LogP contribution in [0.3, 0.4) is 0 Å². The number of nitrogens with one attached hydrogen (secondary N) is 1. The normalized spacial score (nSPS) is 14.8. The average molecular weight is 388 g/mol. The zero-order valence-corrected chi connectivity index (χ0v) is 16.1. The van der Waals surface area contributed by atoms with Crippen LogP contribution in [0.5, 0.6) is 0 Å². The number of anilines is 2. The summed E-state index contributed by atoms with van der Waals surface area (Å²) in [6.07, 6.45) is 5.55. The van der Waals surface area contributed by atoms with Gasteiger partial charge in [-0.25, -0.2) is 18.5 Å². The van der Waals surface area contributed by atoms with Gasteiger partial charge in [-0.1, -0.05) is 13.0 Å². The number of nitrogens with two attached hydrogens (primary N) is 1. The zero-order valence-electron chi connectivity index (χ0n) is 15.3. The Bertz CT molecular complexity index is 938. The third kappa shape index (κ3) is 4.45. The highest BCUT2D eigenvalue weighted by Gasteiger charge is 2.20. The molecule has 27 heavy (non-hydrogen) atoms. The Hall–Kier alpha value is -2.45. The minimum Gasteiger partial charge on any atom is -0.356 e. The van der Waals surface area contributed by atoms with Gasteiger partial charge in [0.2, 0.25) is 10.0 Å². The van der Waals surface area contributed by atoms with Crippen LogP contribution in [0.25, 0.3) is 0 Å². The topological polar surface area (TPSA) is 105 Å². The molecule has 0 saturated carbocycles. The van der Waals surface area contributed by atoms with E-state index in [0.717, 1.165) is 25.9 Å². The quantitative estimate of drug-likeness (QED) is 0.819. The largest absolute Gasteiger partial charge is 0.356 e. The molecule has 3 N–H and O–H groups in total. The summed E-state index contributed by atoms with van der Waals surface area (Å²) in [6, 6.07) is 8.21. The van der Waals surface area contributed by atoms with Crippen molar-refractivity contribution < 1.29 is 13.2 Å². The van der Waals surface area contributed by atoms with Crippen molar-refractivity contribution in [1.29, 1.82) is 0 Å². The highest BCUT2D eigenvalue weighted by atomic mass is 32.2. The van der Waals surface area contributed by atoms with Crippen molar-refractivity contribution in [1.82, 2.24) is 4.98 Å². The lowest BCUT2D eigenvalue weighted by Gasteiger charge is -2.29. The van der Waals surface area contributed by atoms with E-state index in [1.807, 2.05) is 6.92 Å². The lowest BCUT2D eigenvalue weighted by Crippen LogP contribution is -2.32. The average Bonchev–Trinajstić information content (AvgIpc) is 2.68. The van der Waals surface area contributed by atoms with Gasteiger partial charge in [0.05, 0.1) is 10.5 Å². The number of aromatic nitrogens is 1. The maximum Gasteiger partial charge on any atom is 0.259 e. The first-order valence-corrected chi connectivity index (χ1v) is 10.6. The molecular formula is C19H24N4O3S. The number of benzene rings is 1. The van der Waals surface area contributed by atoms with Gasteiger partial charge in [0, 0.05) is 25.0 Å². The van der Waals surface area contributed by atoms with E-state index in [0.29, 0.717) is 29.1 Å². The van der Waals surface area contributed by atoms with E-state index in [1.165, 1.54) is 12.5 Å². The summed E-state index contributed by atoms with van der Waals surface area (Å²) >= 11 is 0. The van der Waals surface area contributed by atoms with Crippen LogP contribution in [0.2, 0.25) is 0 Å². The lowest BCUT2D eigenvalue weighted by atomic mass is 10.1. The van der Waals surface area contributed by atoms with Crippen LogP contribution >= 0.6 is 0 Å². The van der Waals surface area contributed by atoms with Crippen LogP contribution in [-0.2, 0) is 16.4 Å². The molecule has 0 radical (unpaired) electrons. The molecule has 0 spiro atoms. The molecule has 1 aromatic heterocycles. The number of pyridine rings is 1. The first-order chi connectivity index (χ1) is 12.9. The van der Waals surface area contributed by atoms with Crippen molar-refractivity contribution in [2.24, 2.45) is 5.14 Å². The maximum absolute atomic E-state index is 12.8. The van der Waals surface area contributed by atoms with Gasteiger partial charge in [0.25, 0.3) is 5.91 Å². The Morgan fingerprint density at radius 3 is 2.63 bits per heavy atom. The summed E-state index contributed by atoms with van der Waals surface area (Å²) in [7, 11) is -3.87. The summed E-state index contributed by atoms with van der Waals surface area (Å²) in [4.78, 5) is 19.4. The highest BCUT2D eigenvalue weighted by molar-refractivity contribution is 7.89. The zero-order chi connectivity index (χ0) is 19.4. The summed E-state index contributed by atoms with van der Waals surface area (Å²) in [5, 5.41) is 8.08. The van der Waals surface area contributed by atoms with Crippen LogP contribution in [0.4, 0.5) is 11.5 Å². The van der Waals surface area contributed by atoms with Crippen LogP contribution in [0.15, 0.2) is 41.4 Å². The van der Waals surface area contributed by atoms with E-state index in [-0.39, 0.29) is 10.8 Å². The summed E-state index contributed by atoms with van der Waals surface area (Å²) in [5.41, 5.74) is 1.47. The van der Waals surface area contributed by atoms with Gasteiger partial charge in [-0.15, -0.1) is 0 Å². The van der Waals surface area contributed by atoms with Crippen molar-refractivity contribution in [3.8, 4) is 0 Å². The van der Waals surface area contributed by atoms with Crippen LogP contribution < -0.4 is 15.4 Å². The number of hydrogen-bond donors (Lipinski definition) is 2. The fourth-order valence-corrected chi connectivity index (χ4v) is 4.19. The van der Waals surface area contributed by atoms with Crippen molar-refractivity contribution >= 4 is 27.4 Å². The van der Waals surface area contributed by atoms with E-state index in [2.05, 4.69) is 15.2 Å². The maximum atomic E-state index is 12.8. The Morgan fingerprint density at radius 2 is 1.96 bits per heavy atom. The third-order valence-electron chi connectivity index (χ3n) is 4.70. The number of amides is 1. The number of primary sulfonamides is 1. The molecule has 1 saturated heterocycles. The number of carbonyl (C=O) groups is 1. The summed E-state index contributed by atoms with van der Waals surface area (Å²) in [6.45, 7) is 3.60. The van der Waals surface area contributed by atoms with E-state index >= 15 is 0 Å². The minimum absolute atomic E-state index is 0.0326. The van der Waals surface area contributed by atoms with Crippen molar-refractivity contribution in [3.05, 3.63) is 47.7 Å². The molecule has 2 aromatic rings. The second-order valence-electron chi connectivity index (χ2n) is 6.60. The predicted molar refractivity (Wildman–Crippen MR) is 105 cm³/mol. The fourth-order valence-electron chi connectivity index (χ4n) is 3.32. The Morgan fingerprint density at radius 1 is 1.22 bits per heavy atom. The van der Waals surface area contributed by atoms with Gasteiger partial charge in [0.1, 0.15) is 5.82 Å². The Labute approximate surface area is 159 Å². The Kier molecular flexibility index (Phi) is 5.76. The smallest absolute Gasteiger partial charge is 0.259 e. The molecule has 3 rings (SSSR count). The van der Waals surface area contributed by atoms with E-state index in [1.54, 1.807) is 30.5 Å². The van der Waals surface area contributed by atoms with Crippen LogP contribution in [0, 0.1) is 0 Å². The molecule has 1 aliphatic rings. The van der Waals surface area contributed by atoms with Crippen LogP contribution in [0.1, 0.15) is 42.1 Å². The van der Waals surface area contributed by atoms with Gasteiger partial charge in [-0.3, -0.25) is 4.79 Å². The molecule has 1 aliphatic heterocycles. The molecule has 8 heteroatoms. The predicted octanol–water partition coefficient (Wildman–Crippen LogP) is 2.53. The summed E-state index contributed by atoms with van der Waals surface area (Å²) in [5.74, 6) is 0.333. The van der Waals surface area contributed by atoms with Gasteiger partial charge in [-0.2, -0.15) is 0 Å². The number of piperidine rings is 1. The molecule has 0 unspecified atom stereocenters. The monoisotopic (exact) mass is 388 g/mol. The van der Waals surface area contributed by atoms with Gasteiger partial charge >= 0.3 is 0 Å². The van der Waals surface area contributed by atoms with Gasteiger partial charge < -0.3 is 10.2 Å². The number of rotatable bonds is 5. The lowest BCUT2D eigenvalue weighted by molar-refractivity contribution is 0.102. The number of nitrogens with zero attached hydrogens (tertiary/aromatic N) is 2. The molecule has 0 aliphatic carbocycles. The van der Waals surface area contributed by atoms with E-state index < -0.39 is 10.0 Å².